The fourth-order valence-corrected chi connectivity index (χ4v) is 6.18. The number of rotatable bonds is 7. The molecule has 1 aromatic carbocycles. The first-order valence-electron chi connectivity index (χ1n) is 13.5. The molecule has 1 amide bonds. The fourth-order valence-electron chi connectivity index (χ4n) is 6.18. The van der Waals surface area contributed by atoms with Crippen LogP contribution in [0.5, 0.6) is 0 Å². The summed E-state index contributed by atoms with van der Waals surface area (Å²) in [5.41, 5.74) is 7.98. The number of halogens is 1. The Morgan fingerprint density at radius 3 is 2.44 bits per heavy atom. The molecule has 4 fully saturated rings. The smallest absolute Gasteiger partial charge is 0.242 e. The van der Waals surface area contributed by atoms with Gasteiger partial charge in [0.2, 0.25) is 5.91 Å². The Balaban J connectivity index is 1.23. The van der Waals surface area contributed by atoms with Crippen LogP contribution in [-0.4, -0.2) is 68.7 Å². The van der Waals surface area contributed by atoms with Crippen molar-refractivity contribution in [2.24, 2.45) is 17.8 Å². The Morgan fingerprint density at radius 2 is 1.75 bits per heavy atom. The molecule has 9 nitrogen and oxygen atoms in total. The number of likely N-dealkylation sites (tertiary alicyclic amines) is 1. The zero-order chi connectivity index (χ0) is 24.9. The molecule has 0 saturated carbocycles. The third-order valence-corrected chi connectivity index (χ3v) is 8.42. The average molecular weight is 499 g/mol. The van der Waals surface area contributed by atoms with Crippen molar-refractivity contribution >= 4 is 17.3 Å². The van der Waals surface area contributed by atoms with E-state index in [1.165, 1.54) is 5.69 Å². The predicted molar refractivity (Wildman–Crippen MR) is 137 cm³/mol. The maximum atomic E-state index is 12.8. The van der Waals surface area contributed by atoms with Gasteiger partial charge in [-0.3, -0.25) is 30.1 Å². The number of benzene rings is 1. The Kier molecular flexibility index (Phi) is 8.22. The highest BCUT2D eigenvalue weighted by molar-refractivity contribution is 5.81. The van der Waals surface area contributed by atoms with E-state index in [0.717, 1.165) is 57.5 Å². The number of hydrogen-bond donors (Lipinski definition) is 5. The Bertz CT molecular complexity index is 908. The minimum absolute atomic E-state index is 0.00391. The normalized spacial score (nSPS) is 30.3. The van der Waals surface area contributed by atoms with Crippen LogP contribution in [0, 0.1) is 29.1 Å². The summed E-state index contributed by atoms with van der Waals surface area (Å²) in [7, 11) is 0. The van der Waals surface area contributed by atoms with E-state index < -0.39 is 0 Å². The number of anilines is 2. The molecule has 4 aliphatic rings. The van der Waals surface area contributed by atoms with E-state index in [1.807, 2.05) is 0 Å². The molecule has 0 spiro atoms. The monoisotopic (exact) mass is 498 g/mol. The average Bonchev–Trinajstić information content (AvgIpc) is 2.90. The van der Waals surface area contributed by atoms with Crippen molar-refractivity contribution in [1.29, 1.82) is 5.26 Å². The van der Waals surface area contributed by atoms with Crippen LogP contribution in [0.4, 0.5) is 15.8 Å². The molecule has 0 radical (unpaired) electrons. The van der Waals surface area contributed by atoms with Crippen molar-refractivity contribution < 1.29 is 9.18 Å². The molecule has 4 unspecified atom stereocenters. The zero-order valence-electron chi connectivity index (χ0n) is 20.9. The summed E-state index contributed by atoms with van der Waals surface area (Å²) in [6.07, 6.45) is 5.19. The molecule has 5 rings (SSSR count). The number of carbonyl (C=O) groups excluding carboxylic acids is 1. The Morgan fingerprint density at radius 1 is 1.03 bits per heavy atom. The van der Waals surface area contributed by atoms with Crippen molar-refractivity contribution in [2.75, 3.05) is 49.6 Å². The fraction of sp³-hybridized carbons (Fsp3) is 0.692. The zero-order valence-corrected chi connectivity index (χ0v) is 20.9. The highest BCUT2D eigenvalue weighted by Gasteiger charge is 2.45. The number of hydrazine groups is 1. The van der Waals surface area contributed by atoms with Gasteiger partial charge < -0.3 is 10.2 Å². The van der Waals surface area contributed by atoms with Gasteiger partial charge in [0.25, 0.3) is 0 Å². The largest absolute Gasteiger partial charge is 0.372 e. The van der Waals surface area contributed by atoms with E-state index in [0.29, 0.717) is 31.2 Å². The second-order valence-electron chi connectivity index (χ2n) is 10.7. The number of alkyl halides is 1. The van der Waals surface area contributed by atoms with Gasteiger partial charge in [-0.15, -0.1) is 0 Å². The molecular weight excluding hydrogens is 459 g/mol. The molecule has 5 N–H and O–H groups in total. The lowest BCUT2D eigenvalue weighted by molar-refractivity contribution is -0.132. The first-order chi connectivity index (χ1) is 17.6. The number of hydrogen-bond acceptors (Lipinski definition) is 8. The van der Waals surface area contributed by atoms with E-state index in [9.17, 15) is 9.18 Å². The maximum absolute atomic E-state index is 12.8. The molecule has 4 heterocycles. The molecule has 1 aromatic rings. The van der Waals surface area contributed by atoms with E-state index in [-0.39, 0.29) is 37.0 Å². The summed E-state index contributed by atoms with van der Waals surface area (Å²) in [6.45, 7) is 4.24. The van der Waals surface area contributed by atoms with Gasteiger partial charge in [-0.05, 0) is 68.2 Å². The lowest BCUT2D eigenvalue weighted by Gasteiger charge is -2.49. The summed E-state index contributed by atoms with van der Waals surface area (Å²) in [5.74, 6) is 0.703. The number of fused-ring (bicyclic) bond motifs is 1. The number of nitriles is 1. The number of nitrogens with zero attached hydrogens (tertiary/aromatic N) is 3. The molecule has 196 valence electrons. The van der Waals surface area contributed by atoms with Crippen molar-refractivity contribution in [1.82, 2.24) is 26.4 Å². The minimum atomic E-state index is -0.257. The van der Waals surface area contributed by atoms with Gasteiger partial charge in [-0.1, -0.05) is 0 Å². The maximum Gasteiger partial charge on any atom is 0.242 e. The quantitative estimate of drug-likeness (QED) is 0.387. The summed E-state index contributed by atoms with van der Waals surface area (Å²) < 4.78 is 12.7. The van der Waals surface area contributed by atoms with Crippen LogP contribution in [0.1, 0.15) is 38.5 Å². The van der Waals surface area contributed by atoms with Crippen LogP contribution in [-0.2, 0) is 4.79 Å². The van der Waals surface area contributed by atoms with Crippen LogP contribution in [0.3, 0.4) is 0 Å². The molecule has 10 heteroatoms. The van der Waals surface area contributed by atoms with Crippen molar-refractivity contribution in [2.45, 2.75) is 57.0 Å². The lowest BCUT2D eigenvalue weighted by Crippen LogP contribution is -2.77. The second kappa shape index (κ2) is 11.7. The summed E-state index contributed by atoms with van der Waals surface area (Å²) in [4.78, 5) is 17.6. The first kappa shape index (κ1) is 25.2. The van der Waals surface area contributed by atoms with E-state index in [2.05, 4.69) is 66.9 Å². The number of amides is 1. The van der Waals surface area contributed by atoms with Crippen LogP contribution in [0.15, 0.2) is 24.3 Å². The minimum Gasteiger partial charge on any atom is -0.372 e. The van der Waals surface area contributed by atoms with Gasteiger partial charge in [-0.25, -0.2) is 5.43 Å². The van der Waals surface area contributed by atoms with Crippen molar-refractivity contribution in [3.8, 4) is 6.07 Å². The third kappa shape index (κ3) is 5.75. The van der Waals surface area contributed by atoms with Gasteiger partial charge in [0, 0.05) is 56.6 Å². The molecule has 0 bridgehead atoms. The molecular formula is C26H39FN8O. The highest BCUT2D eigenvalue weighted by atomic mass is 19.1. The summed E-state index contributed by atoms with van der Waals surface area (Å²) in [6, 6.07) is 10.8. The summed E-state index contributed by atoms with van der Waals surface area (Å²) >= 11 is 0. The lowest BCUT2D eigenvalue weighted by atomic mass is 9.90. The van der Waals surface area contributed by atoms with Crippen molar-refractivity contribution in [3.63, 3.8) is 0 Å². The SMILES string of the molecule is N#CCC1CCN(C2NC3CNNC(=O)C3C(Nc3ccc(N4CCC(CCF)CC4)cc3)N2)CC1. The van der Waals surface area contributed by atoms with Crippen LogP contribution in [0.25, 0.3) is 0 Å². The second-order valence-corrected chi connectivity index (χ2v) is 10.7. The molecule has 4 atom stereocenters. The Hall–Kier alpha value is -2.45. The number of carbonyl (C=O) groups is 1. The van der Waals surface area contributed by atoms with Crippen LogP contribution >= 0.6 is 0 Å². The van der Waals surface area contributed by atoms with Gasteiger partial charge in [0.15, 0.2) is 0 Å². The molecule has 4 aliphatic heterocycles. The van der Waals surface area contributed by atoms with Gasteiger partial charge >= 0.3 is 0 Å². The molecule has 0 aliphatic carbocycles. The van der Waals surface area contributed by atoms with Gasteiger partial charge in [-0.2, -0.15) is 5.26 Å². The molecule has 36 heavy (non-hydrogen) atoms. The van der Waals surface area contributed by atoms with E-state index in [4.69, 9.17) is 5.26 Å². The van der Waals surface area contributed by atoms with Gasteiger partial charge in [0.05, 0.1) is 24.8 Å². The van der Waals surface area contributed by atoms with Crippen LogP contribution in [0.2, 0.25) is 0 Å². The Labute approximate surface area is 213 Å². The highest BCUT2D eigenvalue weighted by Crippen LogP contribution is 2.28. The molecule has 0 aromatic heterocycles. The molecule has 4 saturated heterocycles. The van der Waals surface area contributed by atoms with Gasteiger partial charge in [0.1, 0.15) is 6.29 Å². The first-order valence-corrected chi connectivity index (χ1v) is 13.5. The van der Waals surface area contributed by atoms with E-state index >= 15 is 0 Å². The van der Waals surface area contributed by atoms with Crippen LogP contribution < -0.4 is 31.7 Å². The topological polar surface area (TPSA) is 107 Å². The van der Waals surface area contributed by atoms with E-state index in [1.54, 1.807) is 0 Å². The van der Waals surface area contributed by atoms with Crippen molar-refractivity contribution in [3.05, 3.63) is 24.3 Å². The number of piperidine rings is 2. The number of nitrogens with one attached hydrogen (secondary N) is 5. The predicted octanol–water partition coefficient (Wildman–Crippen LogP) is 1.72. The summed E-state index contributed by atoms with van der Waals surface area (Å²) in [5, 5.41) is 19.9. The standard InChI is InChI=1S/C26H39FN8O/c27-11-5-18-7-13-34(14-8-18)21-3-1-20(2-4-21)30-24-23-22(17-29-33-25(23)36)31-26(32-24)35-15-9-19(6-12-28)10-16-35/h1-4,18-19,22-24,26,29-32H,5-11,13-17H2,(H,33,36). The third-order valence-electron chi connectivity index (χ3n) is 8.42.